The van der Waals surface area contributed by atoms with Crippen molar-refractivity contribution in [2.45, 2.75) is 180 Å². The van der Waals surface area contributed by atoms with Gasteiger partial charge in [0.25, 0.3) is 0 Å². The van der Waals surface area contributed by atoms with Gasteiger partial charge in [0.1, 0.15) is 0 Å². The number of nitrogens with zero attached hydrogens (tertiary/aromatic N) is 2. The fourth-order valence-corrected chi connectivity index (χ4v) is 16.9. The van der Waals surface area contributed by atoms with Crippen LogP contribution in [0.2, 0.25) is 0 Å². The molecule has 74 heavy (non-hydrogen) atoms. The highest BCUT2D eigenvalue weighted by molar-refractivity contribution is 7.26. The molecule has 0 bridgehead atoms. The van der Waals surface area contributed by atoms with Gasteiger partial charge < -0.3 is 9.71 Å². The largest absolute Gasteiger partial charge is 0.376 e. The van der Waals surface area contributed by atoms with Gasteiger partial charge in [0.2, 0.25) is 0 Å². The summed E-state index contributed by atoms with van der Waals surface area (Å²) in [6, 6.07) is 44.9. The third kappa shape index (κ3) is 6.18. The van der Waals surface area contributed by atoms with Gasteiger partial charge in [-0.15, -0.1) is 11.3 Å². The number of hydrogen-bond donors (Lipinski definition) is 0. The quantitative estimate of drug-likeness (QED) is 0.159. The standard InChI is InChI=1S/C70H75BN2S/c1-40-32-50-53(68(10,11)30-28-65(50,4)5)38-56(40)72-58-35-44-42-20-16-18-22-47(42)70(14,15)49(44)37-55(58)71-62-59(72)36-45-43-21-17-19-23-60(43)74-63(45)61(62)46-34-52-54(69(12,13)31-29-67(52,8)9)39-57(46)73(71)41-24-25-48-51(33-41)66(6,7)27-26-64(48,2)3/h16-25,32-39H,26-31H2,1-15H3. The van der Waals surface area contributed by atoms with Gasteiger partial charge in [0.05, 0.1) is 0 Å². The molecule has 7 aromatic carbocycles. The molecule has 374 valence electrons. The first kappa shape index (κ1) is 46.9. The van der Waals surface area contributed by atoms with Gasteiger partial charge in [-0.05, 0) is 199 Å². The van der Waals surface area contributed by atoms with Gasteiger partial charge in [0.15, 0.2) is 0 Å². The first-order chi connectivity index (χ1) is 34.8. The Balaban J connectivity index is 1.18. The minimum atomic E-state index is -0.171. The van der Waals surface area contributed by atoms with E-state index in [4.69, 9.17) is 0 Å². The average Bonchev–Trinajstić information content (AvgIpc) is 3.88. The number of rotatable bonds is 2. The van der Waals surface area contributed by atoms with Gasteiger partial charge >= 0.3 is 6.85 Å². The van der Waals surface area contributed by atoms with Gasteiger partial charge in [0, 0.05) is 65.2 Å². The predicted octanol–water partition coefficient (Wildman–Crippen LogP) is 18.4. The van der Waals surface area contributed by atoms with E-state index < -0.39 is 0 Å². The molecule has 2 nitrogen and oxygen atoms in total. The monoisotopic (exact) mass is 987 g/mol. The van der Waals surface area contributed by atoms with Gasteiger partial charge in [-0.1, -0.05) is 158 Å². The fraction of sp³-hybridized carbons (Fsp3) is 0.400. The lowest BCUT2D eigenvalue weighted by Crippen LogP contribution is -2.62. The maximum atomic E-state index is 2.87. The Morgan fingerprint density at radius 1 is 0.419 bits per heavy atom. The third-order valence-corrected chi connectivity index (χ3v) is 22.0. The lowest BCUT2D eigenvalue weighted by Gasteiger charge is -2.49. The maximum absolute atomic E-state index is 2.87. The Bertz CT molecular complexity index is 3810. The maximum Gasteiger partial charge on any atom is 0.333 e. The highest BCUT2D eigenvalue weighted by atomic mass is 32.1. The Kier molecular flexibility index (Phi) is 9.30. The summed E-state index contributed by atoms with van der Waals surface area (Å²) in [6.07, 6.45) is 7.09. The summed E-state index contributed by atoms with van der Waals surface area (Å²) in [4.78, 5) is 5.66. The molecule has 3 heterocycles. The van der Waals surface area contributed by atoms with Crippen molar-refractivity contribution in [3.05, 3.63) is 159 Å². The topological polar surface area (TPSA) is 6.48 Å². The van der Waals surface area contributed by atoms with E-state index in [1.165, 1.54) is 170 Å². The van der Waals surface area contributed by atoms with Gasteiger partial charge in [-0.25, -0.2) is 0 Å². The molecule has 2 aliphatic heterocycles. The minimum absolute atomic E-state index is 0.0344. The first-order valence-corrected chi connectivity index (χ1v) is 29.0. The summed E-state index contributed by atoms with van der Waals surface area (Å²) in [6.45, 7) is 37.2. The van der Waals surface area contributed by atoms with Crippen molar-refractivity contribution in [1.82, 2.24) is 0 Å². The van der Waals surface area contributed by atoms with E-state index >= 15 is 0 Å². The molecule has 0 N–H and O–H groups in total. The molecule has 0 amide bonds. The number of benzene rings is 7. The molecule has 0 radical (unpaired) electrons. The highest BCUT2D eigenvalue weighted by Crippen LogP contribution is 2.59. The number of aryl methyl sites for hydroxylation is 1. The van der Waals surface area contributed by atoms with Crippen molar-refractivity contribution in [1.29, 1.82) is 0 Å². The summed E-state index contributed by atoms with van der Waals surface area (Å²) in [5.41, 5.74) is 28.5. The van der Waals surface area contributed by atoms with Gasteiger partial charge in [-0.3, -0.25) is 0 Å². The van der Waals surface area contributed by atoms with Crippen LogP contribution in [0.25, 0.3) is 42.4 Å². The van der Waals surface area contributed by atoms with Crippen LogP contribution in [0.5, 0.6) is 0 Å². The second kappa shape index (κ2) is 14.7. The fourth-order valence-electron chi connectivity index (χ4n) is 15.7. The van der Waals surface area contributed by atoms with Crippen LogP contribution >= 0.6 is 11.3 Å². The molecule has 4 heteroatoms. The first-order valence-electron chi connectivity index (χ1n) is 28.2. The molecule has 0 saturated heterocycles. The normalized spacial score (nSPS) is 21.0. The van der Waals surface area contributed by atoms with Crippen LogP contribution in [0.1, 0.15) is 186 Å². The molecule has 8 aromatic rings. The zero-order valence-electron chi connectivity index (χ0n) is 47.0. The average molecular weight is 987 g/mol. The lowest BCUT2D eigenvalue weighted by atomic mass is 9.42. The Hall–Kier alpha value is -5.58. The SMILES string of the molecule is Cc1cc2c(cc1N1c3cc4c(cc3B3c5c1cc1c(sc6ccccc61)c5-c1cc5c(cc1N3c1ccc3c(c1)C(C)(C)CCC3(C)C)C(C)(C)CCC5(C)C)C(C)(C)c1ccccc1-4)C(C)(C)CCC2(C)C. The molecule has 0 atom stereocenters. The third-order valence-electron chi connectivity index (χ3n) is 20.7. The second-order valence-electron chi connectivity index (χ2n) is 28.5. The van der Waals surface area contributed by atoms with Crippen LogP contribution in [0, 0.1) is 6.92 Å². The Labute approximate surface area is 446 Å². The van der Waals surface area contributed by atoms with E-state index in [0.717, 1.165) is 0 Å². The zero-order chi connectivity index (χ0) is 51.8. The molecule has 6 aliphatic rings. The Morgan fingerprint density at radius 2 is 0.973 bits per heavy atom. The van der Waals surface area contributed by atoms with E-state index in [-0.39, 0.29) is 44.8 Å². The van der Waals surface area contributed by atoms with E-state index in [1.807, 2.05) is 11.3 Å². The number of anilines is 5. The number of hydrogen-bond acceptors (Lipinski definition) is 3. The van der Waals surface area contributed by atoms with Crippen molar-refractivity contribution in [3.63, 3.8) is 0 Å². The molecule has 0 fully saturated rings. The van der Waals surface area contributed by atoms with Gasteiger partial charge in [-0.2, -0.15) is 0 Å². The highest BCUT2D eigenvalue weighted by Gasteiger charge is 2.51. The lowest BCUT2D eigenvalue weighted by molar-refractivity contribution is 0.332. The summed E-state index contributed by atoms with van der Waals surface area (Å²) in [7, 11) is 0. The van der Waals surface area contributed by atoms with Crippen molar-refractivity contribution >= 4 is 77.7 Å². The van der Waals surface area contributed by atoms with Crippen LogP contribution in [0.15, 0.2) is 109 Å². The Morgan fingerprint density at radius 3 is 1.64 bits per heavy atom. The van der Waals surface area contributed by atoms with E-state index in [9.17, 15) is 0 Å². The van der Waals surface area contributed by atoms with E-state index in [2.05, 4.69) is 223 Å². The van der Waals surface area contributed by atoms with Crippen LogP contribution < -0.4 is 20.6 Å². The smallest absolute Gasteiger partial charge is 0.333 e. The van der Waals surface area contributed by atoms with Crippen molar-refractivity contribution < 1.29 is 0 Å². The van der Waals surface area contributed by atoms with Crippen molar-refractivity contribution in [2.24, 2.45) is 0 Å². The predicted molar refractivity (Wildman–Crippen MR) is 321 cm³/mol. The molecule has 14 rings (SSSR count). The summed E-state index contributed by atoms with van der Waals surface area (Å²) < 4.78 is 2.77. The van der Waals surface area contributed by atoms with E-state index in [1.54, 1.807) is 0 Å². The van der Waals surface area contributed by atoms with Crippen molar-refractivity contribution in [3.8, 4) is 22.3 Å². The molecule has 0 unspecified atom stereocenters. The number of fused-ring (bicyclic) bond motifs is 14. The molecule has 4 aliphatic carbocycles. The number of thiophene rings is 1. The molecular formula is C70H75BN2S. The summed E-state index contributed by atoms with van der Waals surface area (Å²) in [5, 5.41) is 2.72. The van der Waals surface area contributed by atoms with E-state index in [0.29, 0.717) is 0 Å². The second-order valence-corrected chi connectivity index (χ2v) is 29.6. The molecule has 0 spiro atoms. The molecule has 1 aromatic heterocycles. The molecular weight excluding hydrogens is 912 g/mol. The minimum Gasteiger partial charge on any atom is -0.376 e. The zero-order valence-corrected chi connectivity index (χ0v) is 47.8. The summed E-state index contributed by atoms with van der Waals surface area (Å²) >= 11 is 2.01. The van der Waals surface area contributed by atoms with Crippen LogP contribution in [-0.2, 0) is 37.9 Å². The summed E-state index contributed by atoms with van der Waals surface area (Å²) in [5.74, 6) is 0. The molecule has 0 saturated carbocycles. The van der Waals surface area contributed by atoms with Crippen LogP contribution in [-0.4, -0.2) is 6.85 Å². The van der Waals surface area contributed by atoms with Crippen LogP contribution in [0.4, 0.5) is 28.4 Å². The van der Waals surface area contributed by atoms with Crippen molar-refractivity contribution in [2.75, 3.05) is 9.71 Å². The van der Waals surface area contributed by atoms with Crippen LogP contribution in [0.3, 0.4) is 0 Å².